The van der Waals surface area contributed by atoms with Gasteiger partial charge in [-0.3, -0.25) is 19.1 Å². The number of ether oxygens (including phenoxy) is 1. The number of fused-ring (bicyclic) bond motifs is 1. The Morgan fingerprint density at radius 2 is 1.74 bits per heavy atom. The monoisotopic (exact) mass is 474 g/mol. The molecule has 0 fully saturated rings. The summed E-state index contributed by atoms with van der Waals surface area (Å²) in [5.74, 6) is -1.43. The molecule has 0 unspecified atom stereocenters. The number of carbonyl (C=O) groups excluding carboxylic acids is 2. The number of ketones is 1. The van der Waals surface area contributed by atoms with E-state index in [-0.39, 0.29) is 35.8 Å². The van der Waals surface area contributed by atoms with Gasteiger partial charge in [0.05, 0.1) is 29.8 Å². The second-order valence-electron chi connectivity index (χ2n) is 8.03. The molecule has 0 saturated carbocycles. The highest BCUT2D eigenvalue weighted by atomic mass is 19.4. The van der Waals surface area contributed by atoms with Crippen LogP contribution in [0.2, 0.25) is 0 Å². The molecule has 0 saturated heterocycles. The number of hydrogen-bond acceptors (Lipinski definition) is 5. The van der Waals surface area contributed by atoms with Gasteiger partial charge in [-0.2, -0.15) is 13.2 Å². The molecule has 0 spiro atoms. The topological polar surface area (TPSA) is 80.9 Å². The molecule has 0 radical (unpaired) electrons. The number of aryl methyl sites for hydroxylation is 2. The summed E-state index contributed by atoms with van der Waals surface area (Å²) < 4.78 is 46.4. The number of alkyl halides is 3. The van der Waals surface area contributed by atoms with Crippen LogP contribution >= 0.6 is 0 Å². The predicted octanol–water partition coefficient (Wildman–Crippen LogP) is 5.30. The number of nitrogens with zero attached hydrogens (tertiary/aromatic N) is 2. The van der Waals surface area contributed by atoms with Crippen molar-refractivity contribution in [3.05, 3.63) is 58.7 Å². The van der Waals surface area contributed by atoms with E-state index in [1.807, 2.05) is 19.9 Å². The van der Waals surface area contributed by atoms with Gasteiger partial charge in [0.15, 0.2) is 5.78 Å². The van der Waals surface area contributed by atoms with Crippen LogP contribution < -0.4 is 0 Å². The maximum Gasteiger partial charge on any atom is 0.416 e. The number of esters is 1. The second kappa shape index (κ2) is 9.70. The summed E-state index contributed by atoms with van der Waals surface area (Å²) in [6, 6.07) is 8.63. The van der Waals surface area contributed by atoms with Crippen LogP contribution in [0.1, 0.15) is 42.5 Å². The number of aliphatic imine (C=N–C) groups is 1. The van der Waals surface area contributed by atoms with Crippen molar-refractivity contribution in [2.45, 2.75) is 40.3 Å². The molecule has 1 N–H and O–H groups in total. The van der Waals surface area contributed by atoms with Gasteiger partial charge in [-0.25, -0.2) is 0 Å². The maximum atomic E-state index is 13.4. The van der Waals surface area contributed by atoms with E-state index in [1.165, 1.54) is 10.6 Å². The van der Waals surface area contributed by atoms with Crippen molar-refractivity contribution in [2.75, 3.05) is 13.2 Å². The molecule has 3 rings (SSSR count). The lowest BCUT2D eigenvalue weighted by atomic mass is 10.1. The van der Waals surface area contributed by atoms with Crippen LogP contribution in [-0.4, -0.2) is 40.3 Å². The van der Waals surface area contributed by atoms with Crippen LogP contribution in [0.25, 0.3) is 16.6 Å². The lowest BCUT2D eigenvalue weighted by Gasteiger charge is -2.11. The van der Waals surface area contributed by atoms with Crippen LogP contribution in [0.15, 0.2) is 41.4 Å². The molecule has 9 heteroatoms. The maximum absolute atomic E-state index is 13.4. The standard InChI is InChI=1S/C25H25F3N2O4/c1-5-34-22(32)12-19(31)13-29-16(4)23-20-7-6-17(25(26,27)28)11-21(20)30(24(23)33)18-9-14(2)8-15(3)10-18/h6-11,33H,5,12-13H2,1-4H3. The van der Waals surface area contributed by atoms with Crippen molar-refractivity contribution >= 4 is 28.4 Å². The number of aromatic nitrogens is 1. The van der Waals surface area contributed by atoms with Crippen LogP contribution in [0.5, 0.6) is 5.88 Å². The summed E-state index contributed by atoms with van der Waals surface area (Å²) in [5, 5.41) is 11.5. The van der Waals surface area contributed by atoms with Crippen LogP contribution in [0, 0.1) is 13.8 Å². The van der Waals surface area contributed by atoms with E-state index in [4.69, 9.17) is 4.74 Å². The number of aromatic hydroxyl groups is 1. The van der Waals surface area contributed by atoms with E-state index in [1.54, 1.807) is 26.0 Å². The molecular weight excluding hydrogens is 449 g/mol. The predicted molar refractivity (Wildman–Crippen MR) is 123 cm³/mol. The van der Waals surface area contributed by atoms with Gasteiger partial charge in [-0.15, -0.1) is 0 Å². The molecule has 0 aliphatic heterocycles. The lowest BCUT2D eigenvalue weighted by Crippen LogP contribution is -2.14. The van der Waals surface area contributed by atoms with Crippen molar-refractivity contribution in [2.24, 2.45) is 4.99 Å². The number of rotatable bonds is 7. The van der Waals surface area contributed by atoms with Crippen molar-refractivity contribution in [1.82, 2.24) is 4.57 Å². The highest BCUT2D eigenvalue weighted by Crippen LogP contribution is 2.39. The van der Waals surface area contributed by atoms with E-state index in [9.17, 15) is 27.9 Å². The second-order valence-corrected chi connectivity index (χ2v) is 8.03. The van der Waals surface area contributed by atoms with Gasteiger partial charge in [-0.05, 0) is 63.1 Å². The number of hydrogen-bond donors (Lipinski definition) is 1. The summed E-state index contributed by atoms with van der Waals surface area (Å²) in [4.78, 5) is 27.8. The van der Waals surface area contributed by atoms with Crippen molar-refractivity contribution in [1.29, 1.82) is 0 Å². The lowest BCUT2D eigenvalue weighted by molar-refractivity contribution is -0.145. The Bertz CT molecular complexity index is 1270. The Kier molecular flexibility index (Phi) is 7.14. The van der Waals surface area contributed by atoms with Gasteiger partial charge in [0.2, 0.25) is 5.88 Å². The molecule has 180 valence electrons. The minimum atomic E-state index is -4.57. The third-order valence-corrected chi connectivity index (χ3v) is 5.24. The zero-order chi connectivity index (χ0) is 25.2. The SMILES string of the molecule is CCOC(=O)CC(=O)CN=C(C)c1c(O)n(-c2cc(C)cc(C)c2)c2cc(C(F)(F)F)ccc12. The molecule has 0 atom stereocenters. The van der Waals surface area contributed by atoms with Gasteiger partial charge < -0.3 is 9.84 Å². The highest BCUT2D eigenvalue weighted by Gasteiger charge is 2.32. The summed E-state index contributed by atoms with van der Waals surface area (Å²) in [5.41, 5.74) is 2.01. The molecule has 34 heavy (non-hydrogen) atoms. The molecule has 0 amide bonds. The van der Waals surface area contributed by atoms with Crippen LogP contribution in [-0.2, 0) is 20.5 Å². The molecular formula is C25H25F3N2O4. The fourth-order valence-corrected chi connectivity index (χ4v) is 3.86. The number of Topliss-reactive ketones (excluding diaryl/α,β-unsaturated/α-hetero) is 1. The smallest absolute Gasteiger partial charge is 0.416 e. The van der Waals surface area contributed by atoms with E-state index in [2.05, 4.69) is 4.99 Å². The molecule has 2 aromatic carbocycles. The summed E-state index contributed by atoms with van der Waals surface area (Å²) >= 11 is 0. The van der Waals surface area contributed by atoms with Crippen molar-refractivity contribution < 1.29 is 32.6 Å². The zero-order valence-corrected chi connectivity index (χ0v) is 19.3. The van der Waals surface area contributed by atoms with Gasteiger partial charge in [0.1, 0.15) is 6.42 Å². The van der Waals surface area contributed by atoms with E-state index in [0.717, 1.165) is 23.3 Å². The molecule has 3 aromatic rings. The Labute approximate surface area is 194 Å². The zero-order valence-electron chi connectivity index (χ0n) is 19.3. The Morgan fingerprint density at radius 3 is 2.32 bits per heavy atom. The quantitative estimate of drug-likeness (QED) is 0.286. The Balaban J connectivity index is 2.14. The average Bonchev–Trinajstić information content (AvgIpc) is 3.01. The van der Waals surface area contributed by atoms with Gasteiger partial charge in [0.25, 0.3) is 0 Å². The minimum absolute atomic E-state index is 0.153. The fraction of sp³-hybridized carbons (Fsp3) is 0.320. The van der Waals surface area contributed by atoms with Crippen LogP contribution in [0.4, 0.5) is 13.2 Å². The van der Waals surface area contributed by atoms with Gasteiger partial charge in [-0.1, -0.05) is 12.1 Å². The molecule has 1 aromatic heterocycles. The Morgan fingerprint density at radius 1 is 1.09 bits per heavy atom. The molecule has 0 aliphatic rings. The van der Waals surface area contributed by atoms with Gasteiger partial charge >= 0.3 is 12.1 Å². The van der Waals surface area contributed by atoms with Crippen LogP contribution in [0.3, 0.4) is 0 Å². The first-order valence-corrected chi connectivity index (χ1v) is 10.6. The molecule has 6 nitrogen and oxygen atoms in total. The summed E-state index contributed by atoms with van der Waals surface area (Å²) in [6.07, 6.45) is -5.00. The first-order chi connectivity index (χ1) is 15.9. The van der Waals surface area contributed by atoms with E-state index in [0.29, 0.717) is 11.1 Å². The fourth-order valence-electron chi connectivity index (χ4n) is 3.86. The third kappa shape index (κ3) is 5.30. The normalized spacial score (nSPS) is 12.3. The Hall–Kier alpha value is -3.62. The number of benzene rings is 2. The van der Waals surface area contributed by atoms with Gasteiger partial charge in [0, 0.05) is 16.8 Å². The summed E-state index contributed by atoms with van der Waals surface area (Å²) in [7, 11) is 0. The first kappa shape index (κ1) is 25.0. The average molecular weight is 474 g/mol. The highest BCUT2D eigenvalue weighted by molar-refractivity contribution is 6.13. The molecule has 0 bridgehead atoms. The number of halogens is 3. The van der Waals surface area contributed by atoms with E-state index >= 15 is 0 Å². The largest absolute Gasteiger partial charge is 0.494 e. The molecule has 0 aliphatic carbocycles. The molecule has 1 heterocycles. The van der Waals surface area contributed by atoms with Crippen molar-refractivity contribution in [3.8, 4) is 11.6 Å². The number of carbonyl (C=O) groups is 2. The van der Waals surface area contributed by atoms with Crippen molar-refractivity contribution in [3.63, 3.8) is 0 Å². The minimum Gasteiger partial charge on any atom is -0.494 e. The first-order valence-electron chi connectivity index (χ1n) is 10.6. The van der Waals surface area contributed by atoms with E-state index < -0.39 is 29.9 Å². The summed E-state index contributed by atoms with van der Waals surface area (Å²) in [6.45, 7) is 6.70. The third-order valence-electron chi connectivity index (χ3n) is 5.24.